The number of rotatable bonds is 2. The van der Waals surface area contributed by atoms with Crippen LogP contribution in [0, 0.1) is 6.92 Å². The normalized spacial score (nSPS) is 10.8. The Labute approximate surface area is 135 Å². The fourth-order valence-electron chi connectivity index (χ4n) is 2.34. The van der Waals surface area contributed by atoms with Gasteiger partial charge in [0.15, 0.2) is 0 Å². The van der Waals surface area contributed by atoms with E-state index in [0.29, 0.717) is 0 Å². The van der Waals surface area contributed by atoms with E-state index in [1.165, 1.54) is 22.6 Å². The summed E-state index contributed by atoms with van der Waals surface area (Å²) in [6, 6.07) is 21.1. The molecule has 100 valence electrons. The first kappa shape index (κ1) is 13.7. The number of halogens is 2. The molecule has 0 unspecified atom stereocenters. The lowest BCUT2D eigenvalue weighted by Crippen LogP contribution is -1.98. The van der Waals surface area contributed by atoms with E-state index in [-0.39, 0.29) is 0 Å². The third-order valence-electron chi connectivity index (χ3n) is 3.28. The standard InChI is InChI=1S/C17H13Br2N/c1-12-5-10-17(13-6-8-14(18)9-7-13)20(12)16-4-2-3-15(19)11-16/h2-11H,1H3. The van der Waals surface area contributed by atoms with Crippen LogP contribution in [0.5, 0.6) is 0 Å². The van der Waals surface area contributed by atoms with Crippen molar-refractivity contribution in [3.63, 3.8) is 0 Å². The lowest BCUT2D eigenvalue weighted by Gasteiger charge is -2.12. The molecular weight excluding hydrogens is 378 g/mol. The van der Waals surface area contributed by atoms with Gasteiger partial charge in [-0.1, -0.05) is 50.1 Å². The van der Waals surface area contributed by atoms with Crippen molar-refractivity contribution in [3.05, 3.63) is 75.3 Å². The first-order valence-corrected chi connectivity index (χ1v) is 7.94. The van der Waals surface area contributed by atoms with Gasteiger partial charge in [0.25, 0.3) is 0 Å². The highest BCUT2D eigenvalue weighted by atomic mass is 79.9. The minimum Gasteiger partial charge on any atom is -0.314 e. The highest BCUT2D eigenvalue weighted by Crippen LogP contribution is 2.28. The zero-order valence-corrected chi connectivity index (χ0v) is 14.1. The molecule has 1 aromatic heterocycles. The van der Waals surface area contributed by atoms with Gasteiger partial charge in [0.2, 0.25) is 0 Å². The largest absolute Gasteiger partial charge is 0.314 e. The summed E-state index contributed by atoms with van der Waals surface area (Å²) in [5.74, 6) is 0. The van der Waals surface area contributed by atoms with Gasteiger partial charge in [-0.3, -0.25) is 0 Å². The van der Waals surface area contributed by atoms with Gasteiger partial charge in [-0.2, -0.15) is 0 Å². The molecule has 2 aromatic carbocycles. The summed E-state index contributed by atoms with van der Waals surface area (Å²) >= 11 is 7.03. The van der Waals surface area contributed by atoms with Crippen molar-refractivity contribution < 1.29 is 0 Å². The first-order valence-electron chi connectivity index (χ1n) is 6.35. The Bertz CT molecular complexity index is 742. The second-order valence-electron chi connectivity index (χ2n) is 4.68. The van der Waals surface area contributed by atoms with Crippen molar-refractivity contribution in [3.8, 4) is 16.9 Å². The maximum atomic E-state index is 3.54. The Morgan fingerprint density at radius 2 is 1.55 bits per heavy atom. The number of aromatic nitrogens is 1. The summed E-state index contributed by atoms with van der Waals surface area (Å²) in [7, 11) is 0. The molecule has 0 atom stereocenters. The Balaban J connectivity index is 2.17. The zero-order valence-electron chi connectivity index (χ0n) is 11.0. The number of nitrogens with zero attached hydrogens (tertiary/aromatic N) is 1. The van der Waals surface area contributed by atoms with E-state index in [1.807, 2.05) is 6.07 Å². The summed E-state index contributed by atoms with van der Waals surface area (Å²) in [4.78, 5) is 0. The maximum absolute atomic E-state index is 3.54. The average molecular weight is 391 g/mol. The lowest BCUT2D eigenvalue weighted by atomic mass is 10.1. The van der Waals surface area contributed by atoms with Crippen LogP contribution in [0.15, 0.2) is 69.6 Å². The van der Waals surface area contributed by atoms with Crippen molar-refractivity contribution in [1.29, 1.82) is 0 Å². The minimum absolute atomic E-state index is 1.09. The van der Waals surface area contributed by atoms with Crippen LogP contribution in [-0.2, 0) is 0 Å². The molecule has 1 heterocycles. The fraction of sp³-hybridized carbons (Fsp3) is 0.0588. The minimum atomic E-state index is 1.09. The van der Waals surface area contributed by atoms with Gasteiger partial charge in [0.05, 0.1) is 5.69 Å². The summed E-state index contributed by atoms with van der Waals surface area (Å²) in [5, 5.41) is 0. The van der Waals surface area contributed by atoms with Crippen molar-refractivity contribution in [2.24, 2.45) is 0 Å². The molecule has 0 N–H and O–H groups in total. The summed E-state index contributed by atoms with van der Waals surface area (Å²) in [6.07, 6.45) is 0. The van der Waals surface area contributed by atoms with E-state index < -0.39 is 0 Å². The highest BCUT2D eigenvalue weighted by molar-refractivity contribution is 9.10. The molecule has 0 aliphatic carbocycles. The smallest absolute Gasteiger partial charge is 0.0531 e. The van der Waals surface area contributed by atoms with Crippen LogP contribution >= 0.6 is 31.9 Å². The van der Waals surface area contributed by atoms with Crippen molar-refractivity contribution in [2.75, 3.05) is 0 Å². The maximum Gasteiger partial charge on any atom is 0.0531 e. The molecular formula is C17H13Br2N. The molecule has 0 aliphatic heterocycles. The van der Waals surface area contributed by atoms with E-state index in [2.05, 4.69) is 97.9 Å². The topological polar surface area (TPSA) is 4.93 Å². The number of hydrogen-bond acceptors (Lipinski definition) is 0. The zero-order chi connectivity index (χ0) is 14.1. The quantitative estimate of drug-likeness (QED) is 0.507. The molecule has 0 fully saturated rings. The number of benzene rings is 2. The Morgan fingerprint density at radius 1 is 0.800 bits per heavy atom. The van der Waals surface area contributed by atoms with Crippen LogP contribution in [0.25, 0.3) is 16.9 Å². The van der Waals surface area contributed by atoms with Crippen LogP contribution in [0.2, 0.25) is 0 Å². The van der Waals surface area contributed by atoms with Gasteiger partial charge >= 0.3 is 0 Å². The second kappa shape index (κ2) is 5.58. The average Bonchev–Trinajstić information content (AvgIpc) is 2.81. The summed E-state index contributed by atoms with van der Waals surface area (Å²) < 4.78 is 4.46. The summed E-state index contributed by atoms with van der Waals surface area (Å²) in [6.45, 7) is 2.13. The number of hydrogen-bond donors (Lipinski definition) is 0. The molecule has 0 saturated carbocycles. The van der Waals surface area contributed by atoms with Crippen molar-refractivity contribution >= 4 is 31.9 Å². The van der Waals surface area contributed by atoms with Crippen molar-refractivity contribution in [2.45, 2.75) is 6.92 Å². The van der Waals surface area contributed by atoms with Crippen LogP contribution < -0.4 is 0 Å². The highest BCUT2D eigenvalue weighted by Gasteiger charge is 2.09. The van der Waals surface area contributed by atoms with Crippen LogP contribution in [-0.4, -0.2) is 4.57 Å². The van der Waals surface area contributed by atoms with Crippen LogP contribution in [0.4, 0.5) is 0 Å². The Morgan fingerprint density at radius 3 is 2.25 bits per heavy atom. The van der Waals surface area contributed by atoms with Gasteiger partial charge in [-0.05, 0) is 55.0 Å². The van der Waals surface area contributed by atoms with Gasteiger partial charge in [0.1, 0.15) is 0 Å². The van der Waals surface area contributed by atoms with Gasteiger partial charge in [-0.15, -0.1) is 0 Å². The molecule has 1 nitrogen and oxygen atoms in total. The van der Waals surface area contributed by atoms with E-state index in [9.17, 15) is 0 Å². The van der Waals surface area contributed by atoms with Crippen LogP contribution in [0.1, 0.15) is 5.69 Å². The second-order valence-corrected chi connectivity index (χ2v) is 6.51. The molecule has 0 spiro atoms. The third-order valence-corrected chi connectivity index (χ3v) is 4.30. The fourth-order valence-corrected chi connectivity index (χ4v) is 2.99. The van der Waals surface area contributed by atoms with Crippen molar-refractivity contribution in [1.82, 2.24) is 4.57 Å². The monoisotopic (exact) mass is 389 g/mol. The molecule has 3 aromatic rings. The Kier molecular flexibility index (Phi) is 3.81. The first-order chi connectivity index (χ1) is 9.65. The molecule has 0 bridgehead atoms. The van der Waals surface area contributed by atoms with Gasteiger partial charge in [-0.25, -0.2) is 0 Å². The van der Waals surface area contributed by atoms with E-state index >= 15 is 0 Å². The van der Waals surface area contributed by atoms with Gasteiger partial charge < -0.3 is 4.57 Å². The Hall–Kier alpha value is -1.32. The molecule has 0 amide bonds. The van der Waals surface area contributed by atoms with E-state index in [4.69, 9.17) is 0 Å². The molecule has 0 aliphatic rings. The van der Waals surface area contributed by atoms with E-state index in [1.54, 1.807) is 0 Å². The predicted molar refractivity (Wildman–Crippen MR) is 91.3 cm³/mol. The molecule has 0 radical (unpaired) electrons. The number of aryl methyl sites for hydroxylation is 1. The SMILES string of the molecule is Cc1ccc(-c2ccc(Br)cc2)n1-c1cccc(Br)c1. The summed E-state index contributed by atoms with van der Waals surface area (Å²) in [5.41, 5.74) is 4.80. The molecule has 20 heavy (non-hydrogen) atoms. The van der Waals surface area contributed by atoms with Gasteiger partial charge in [0, 0.05) is 20.3 Å². The molecule has 0 saturated heterocycles. The van der Waals surface area contributed by atoms with E-state index in [0.717, 1.165) is 8.95 Å². The van der Waals surface area contributed by atoms with Crippen LogP contribution in [0.3, 0.4) is 0 Å². The lowest BCUT2D eigenvalue weighted by molar-refractivity contribution is 1.02. The third kappa shape index (κ3) is 2.60. The molecule has 3 heteroatoms. The predicted octanol–water partition coefficient (Wildman–Crippen LogP) is 5.98. The molecule has 3 rings (SSSR count).